The van der Waals surface area contributed by atoms with Gasteiger partial charge < -0.3 is 10.2 Å². The van der Waals surface area contributed by atoms with Gasteiger partial charge in [0.1, 0.15) is 0 Å². The number of piperidine rings is 1. The van der Waals surface area contributed by atoms with Gasteiger partial charge in [-0.3, -0.25) is 4.79 Å². The van der Waals surface area contributed by atoms with E-state index >= 15 is 0 Å². The standard InChI is InChI=1S/C19H24N2OS/c1-15-4-2-10-21(14-15)17-8-6-16(7-9-17)13-20-19(22)12-18-5-3-11-23-18/h3,5-9,11,15H,2,4,10,12-14H2,1H3,(H,20,22)/t15-/m0/s1. The van der Waals surface area contributed by atoms with Crippen LogP contribution in [0.1, 0.15) is 30.2 Å². The van der Waals surface area contributed by atoms with E-state index in [4.69, 9.17) is 0 Å². The van der Waals surface area contributed by atoms with E-state index < -0.39 is 0 Å². The molecule has 3 nitrogen and oxygen atoms in total. The highest BCUT2D eigenvalue weighted by Gasteiger charge is 2.16. The molecule has 3 rings (SSSR count). The molecule has 1 aromatic heterocycles. The Morgan fingerprint density at radius 2 is 2.13 bits per heavy atom. The monoisotopic (exact) mass is 328 g/mol. The Morgan fingerprint density at radius 3 is 2.83 bits per heavy atom. The van der Waals surface area contributed by atoms with Crippen LogP contribution in [0.2, 0.25) is 0 Å². The maximum atomic E-state index is 11.9. The molecule has 23 heavy (non-hydrogen) atoms. The summed E-state index contributed by atoms with van der Waals surface area (Å²) >= 11 is 1.62. The SMILES string of the molecule is C[C@H]1CCCN(c2ccc(CNC(=O)Cc3cccs3)cc2)C1. The van der Waals surface area contributed by atoms with Crippen molar-refractivity contribution >= 4 is 22.9 Å². The fourth-order valence-corrected chi connectivity index (χ4v) is 3.79. The number of nitrogens with zero attached hydrogens (tertiary/aromatic N) is 1. The zero-order chi connectivity index (χ0) is 16.1. The molecular formula is C19H24N2OS. The second kappa shape index (κ2) is 7.64. The van der Waals surface area contributed by atoms with Crippen LogP contribution in [0.4, 0.5) is 5.69 Å². The van der Waals surface area contributed by atoms with Crippen LogP contribution in [0.3, 0.4) is 0 Å². The lowest BCUT2D eigenvalue weighted by molar-refractivity contribution is -0.120. The van der Waals surface area contributed by atoms with Gasteiger partial charge in [-0.05, 0) is 47.9 Å². The molecule has 4 heteroatoms. The molecule has 1 amide bonds. The lowest BCUT2D eigenvalue weighted by atomic mass is 9.99. The average Bonchev–Trinajstić information content (AvgIpc) is 3.06. The highest BCUT2D eigenvalue weighted by atomic mass is 32.1. The summed E-state index contributed by atoms with van der Waals surface area (Å²) in [6.07, 6.45) is 3.09. The molecule has 1 aliphatic rings. The Bertz CT molecular complexity index is 621. The molecule has 2 aromatic rings. The first-order valence-electron chi connectivity index (χ1n) is 8.33. The molecule has 1 atom stereocenters. The number of benzene rings is 1. The van der Waals surface area contributed by atoms with E-state index in [0.717, 1.165) is 29.4 Å². The maximum Gasteiger partial charge on any atom is 0.225 e. The summed E-state index contributed by atoms with van der Waals surface area (Å²) < 4.78 is 0. The number of rotatable bonds is 5. The summed E-state index contributed by atoms with van der Waals surface area (Å²) in [4.78, 5) is 15.5. The van der Waals surface area contributed by atoms with E-state index in [1.54, 1.807) is 11.3 Å². The van der Waals surface area contributed by atoms with Crippen LogP contribution in [-0.4, -0.2) is 19.0 Å². The third kappa shape index (κ3) is 4.58. The van der Waals surface area contributed by atoms with Crippen LogP contribution in [-0.2, 0) is 17.8 Å². The number of thiophene rings is 1. The van der Waals surface area contributed by atoms with E-state index in [0.29, 0.717) is 13.0 Å². The van der Waals surface area contributed by atoms with Gasteiger partial charge in [-0.15, -0.1) is 11.3 Å². The van der Waals surface area contributed by atoms with E-state index in [9.17, 15) is 4.79 Å². The Hall–Kier alpha value is -1.81. The van der Waals surface area contributed by atoms with Crippen molar-refractivity contribution in [2.75, 3.05) is 18.0 Å². The first-order valence-corrected chi connectivity index (χ1v) is 9.21. The molecule has 122 valence electrons. The molecule has 1 aromatic carbocycles. The lowest BCUT2D eigenvalue weighted by Gasteiger charge is -2.32. The van der Waals surface area contributed by atoms with Crippen molar-refractivity contribution in [1.29, 1.82) is 0 Å². The second-order valence-electron chi connectivity index (χ2n) is 6.39. The minimum absolute atomic E-state index is 0.0846. The number of nitrogens with one attached hydrogen (secondary N) is 1. The van der Waals surface area contributed by atoms with Gasteiger partial charge in [-0.2, -0.15) is 0 Å². The van der Waals surface area contributed by atoms with E-state index in [-0.39, 0.29) is 5.91 Å². The number of carbonyl (C=O) groups excluding carboxylic acids is 1. The summed E-state index contributed by atoms with van der Waals surface area (Å²) in [5.41, 5.74) is 2.45. The molecular weight excluding hydrogens is 304 g/mol. The number of anilines is 1. The van der Waals surface area contributed by atoms with Gasteiger partial charge in [-0.1, -0.05) is 25.1 Å². The zero-order valence-electron chi connectivity index (χ0n) is 13.6. The molecule has 0 saturated carbocycles. The molecule has 0 unspecified atom stereocenters. The van der Waals surface area contributed by atoms with Crippen molar-refractivity contribution in [3.05, 3.63) is 52.2 Å². The summed E-state index contributed by atoms with van der Waals surface area (Å²) in [7, 11) is 0. The van der Waals surface area contributed by atoms with Crippen LogP contribution in [0.15, 0.2) is 41.8 Å². The normalized spacial score (nSPS) is 18.0. The first-order chi connectivity index (χ1) is 11.2. The highest BCUT2D eigenvalue weighted by Crippen LogP contribution is 2.23. The summed E-state index contributed by atoms with van der Waals surface area (Å²) in [6.45, 7) is 5.22. The second-order valence-corrected chi connectivity index (χ2v) is 7.42. The molecule has 2 heterocycles. The highest BCUT2D eigenvalue weighted by molar-refractivity contribution is 7.10. The predicted molar refractivity (Wildman–Crippen MR) is 96.9 cm³/mol. The molecule has 0 spiro atoms. The van der Waals surface area contributed by atoms with Crippen LogP contribution in [0.5, 0.6) is 0 Å². The van der Waals surface area contributed by atoms with Crippen LogP contribution in [0, 0.1) is 5.92 Å². The summed E-state index contributed by atoms with van der Waals surface area (Å²) in [5, 5.41) is 5.00. The van der Waals surface area contributed by atoms with Gasteiger partial charge in [0.05, 0.1) is 6.42 Å². The van der Waals surface area contributed by atoms with Crippen LogP contribution in [0.25, 0.3) is 0 Å². The largest absolute Gasteiger partial charge is 0.371 e. The van der Waals surface area contributed by atoms with Crippen molar-refractivity contribution in [3.8, 4) is 0 Å². The smallest absolute Gasteiger partial charge is 0.225 e. The maximum absolute atomic E-state index is 11.9. The number of carbonyl (C=O) groups is 1. The quantitative estimate of drug-likeness (QED) is 0.904. The Morgan fingerprint density at radius 1 is 1.30 bits per heavy atom. The van der Waals surface area contributed by atoms with Gasteiger partial charge in [0.2, 0.25) is 5.91 Å². The fraction of sp³-hybridized carbons (Fsp3) is 0.421. The van der Waals surface area contributed by atoms with Gasteiger partial charge in [0.15, 0.2) is 0 Å². The molecule has 1 aliphatic heterocycles. The Balaban J connectivity index is 1.50. The van der Waals surface area contributed by atoms with E-state index in [2.05, 4.69) is 41.4 Å². The van der Waals surface area contributed by atoms with Crippen LogP contribution < -0.4 is 10.2 Å². The van der Waals surface area contributed by atoms with Gasteiger partial charge in [0.25, 0.3) is 0 Å². The molecule has 0 aliphatic carbocycles. The first kappa shape index (κ1) is 16.1. The van der Waals surface area contributed by atoms with Crippen molar-refractivity contribution < 1.29 is 4.79 Å². The van der Waals surface area contributed by atoms with Crippen molar-refractivity contribution in [2.24, 2.45) is 5.92 Å². The number of amides is 1. The number of hydrogen-bond donors (Lipinski definition) is 1. The fourth-order valence-electron chi connectivity index (χ4n) is 3.08. The van der Waals surface area contributed by atoms with Crippen molar-refractivity contribution in [2.45, 2.75) is 32.7 Å². The average molecular weight is 328 g/mol. The van der Waals surface area contributed by atoms with Crippen molar-refractivity contribution in [1.82, 2.24) is 5.32 Å². The van der Waals surface area contributed by atoms with Crippen molar-refractivity contribution in [3.63, 3.8) is 0 Å². The lowest BCUT2D eigenvalue weighted by Crippen LogP contribution is -2.34. The minimum Gasteiger partial charge on any atom is -0.371 e. The molecule has 1 N–H and O–H groups in total. The van der Waals surface area contributed by atoms with Gasteiger partial charge in [-0.25, -0.2) is 0 Å². The molecule has 1 saturated heterocycles. The molecule has 0 radical (unpaired) electrons. The third-order valence-electron chi connectivity index (χ3n) is 4.36. The summed E-state index contributed by atoms with van der Waals surface area (Å²) in [5.74, 6) is 0.862. The van der Waals surface area contributed by atoms with Crippen LogP contribution >= 0.6 is 11.3 Å². The molecule has 0 bridgehead atoms. The Labute approximate surface area is 142 Å². The minimum atomic E-state index is 0.0846. The van der Waals surface area contributed by atoms with Gasteiger partial charge >= 0.3 is 0 Å². The topological polar surface area (TPSA) is 32.3 Å². The third-order valence-corrected chi connectivity index (χ3v) is 5.24. The van der Waals surface area contributed by atoms with Gasteiger partial charge in [0, 0.05) is 30.2 Å². The summed E-state index contributed by atoms with van der Waals surface area (Å²) in [6, 6.07) is 12.6. The predicted octanol–water partition coefficient (Wildman–Crippen LogP) is 3.84. The molecule has 1 fully saturated rings. The number of hydrogen-bond acceptors (Lipinski definition) is 3. The zero-order valence-corrected chi connectivity index (χ0v) is 14.4. The van der Waals surface area contributed by atoms with E-state index in [1.165, 1.54) is 18.5 Å². The Kier molecular flexibility index (Phi) is 5.34. The van der Waals surface area contributed by atoms with E-state index in [1.807, 2.05) is 17.5 Å².